The van der Waals surface area contributed by atoms with Gasteiger partial charge in [-0.3, -0.25) is 14.5 Å². The van der Waals surface area contributed by atoms with E-state index in [1.54, 1.807) is 24.3 Å². The lowest BCUT2D eigenvalue weighted by Gasteiger charge is -2.17. The van der Waals surface area contributed by atoms with Gasteiger partial charge in [0.2, 0.25) is 17.7 Å². The van der Waals surface area contributed by atoms with Gasteiger partial charge < -0.3 is 4.42 Å². The summed E-state index contributed by atoms with van der Waals surface area (Å²) in [5.41, 5.74) is 0.242. The fourth-order valence-corrected chi connectivity index (χ4v) is 3.26. The summed E-state index contributed by atoms with van der Waals surface area (Å²) in [5, 5.41) is 9.26. The van der Waals surface area contributed by atoms with Crippen molar-refractivity contribution >= 4 is 35.1 Å². The highest BCUT2D eigenvalue weighted by Crippen LogP contribution is 2.32. The van der Waals surface area contributed by atoms with Gasteiger partial charge in [-0.15, -0.1) is 10.2 Å². The summed E-state index contributed by atoms with van der Waals surface area (Å²) in [7, 11) is 0. The Hall–Kier alpha value is -2.12. The van der Waals surface area contributed by atoms with Crippen molar-refractivity contribution in [3.63, 3.8) is 0 Å². The highest BCUT2D eigenvalue weighted by atomic mass is 35.5. The Labute approximate surface area is 160 Å². The van der Waals surface area contributed by atoms with Gasteiger partial charge in [0.05, 0.1) is 10.8 Å². The molecular formula is C18H18ClN3O3S. The van der Waals surface area contributed by atoms with Crippen molar-refractivity contribution in [2.24, 2.45) is 5.41 Å². The van der Waals surface area contributed by atoms with Crippen LogP contribution in [-0.2, 0) is 16.1 Å². The zero-order valence-corrected chi connectivity index (χ0v) is 16.2. The van der Waals surface area contributed by atoms with Crippen molar-refractivity contribution in [2.45, 2.75) is 27.3 Å². The largest absolute Gasteiger partial charge is 0.419 e. The zero-order chi connectivity index (χ0) is 18.9. The lowest BCUT2D eigenvalue weighted by molar-refractivity contribution is -0.126. The van der Waals surface area contributed by atoms with Crippen LogP contribution in [0.4, 0.5) is 0 Å². The summed E-state index contributed by atoms with van der Waals surface area (Å²) in [4.78, 5) is 25.9. The lowest BCUT2D eigenvalue weighted by atomic mass is 9.91. The molecule has 0 N–H and O–H groups in total. The van der Waals surface area contributed by atoms with E-state index in [1.807, 2.05) is 20.8 Å². The molecule has 6 nitrogen and oxygen atoms in total. The second-order valence-corrected chi connectivity index (χ2v) is 8.31. The van der Waals surface area contributed by atoms with E-state index in [-0.39, 0.29) is 18.2 Å². The number of nitrogens with zero attached hydrogens (tertiary/aromatic N) is 3. The fraction of sp³-hybridized carbons (Fsp3) is 0.333. The van der Waals surface area contributed by atoms with Gasteiger partial charge in [-0.2, -0.15) is 0 Å². The van der Waals surface area contributed by atoms with Crippen molar-refractivity contribution in [1.29, 1.82) is 0 Å². The van der Waals surface area contributed by atoms with Crippen LogP contribution in [0.1, 0.15) is 26.7 Å². The predicted molar refractivity (Wildman–Crippen MR) is 100 cm³/mol. The second kappa shape index (κ2) is 7.25. The number of hydrogen-bond acceptors (Lipinski definition) is 6. The van der Waals surface area contributed by atoms with Gasteiger partial charge in [-0.25, -0.2) is 0 Å². The van der Waals surface area contributed by atoms with Crippen molar-refractivity contribution in [1.82, 2.24) is 15.1 Å². The van der Waals surface area contributed by atoms with Crippen molar-refractivity contribution in [2.75, 3.05) is 5.75 Å². The van der Waals surface area contributed by atoms with Crippen molar-refractivity contribution in [3.8, 4) is 11.5 Å². The van der Waals surface area contributed by atoms with Gasteiger partial charge in [0.1, 0.15) is 6.54 Å². The van der Waals surface area contributed by atoms with Crippen LogP contribution in [0, 0.1) is 5.41 Å². The molecule has 0 spiro atoms. The smallest absolute Gasteiger partial charge is 0.247 e. The number of amides is 1. The number of carbonyl (C=O) groups is 2. The molecule has 1 aliphatic heterocycles. The number of carbonyl (C=O) groups excluding carboxylic acids is 2. The maximum absolute atomic E-state index is 12.3. The Morgan fingerprint density at radius 2 is 2.00 bits per heavy atom. The number of halogens is 1. The highest BCUT2D eigenvalue weighted by molar-refractivity contribution is 8.04. The molecule has 1 aromatic carbocycles. The van der Waals surface area contributed by atoms with Gasteiger partial charge in [0.25, 0.3) is 0 Å². The van der Waals surface area contributed by atoms with Gasteiger partial charge in [0.15, 0.2) is 5.78 Å². The van der Waals surface area contributed by atoms with E-state index in [4.69, 9.17) is 16.0 Å². The fourth-order valence-electron chi connectivity index (χ4n) is 2.19. The van der Waals surface area contributed by atoms with E-state index in [0.717, 1.165) is 5.56 Å². The Morgan fingerprint density at radius 3 is 2.65 bits per heavy atom. The van der Waals surface area contributed by atoms with Crippen LogP contribution in [-0.4, -0.2) is 32.5 Å². The first-order chi connectivity index (χ1) is 12.2. The molecule has 3 rings (SSSR count). The highest BCUT2D eigenvalue weighted by Gasteiger charge is 2.30. The Balaban J connectivity index is 1.79. The molecule has 0 unspecified atom stereocenters. The van der Waals surface area contributed by atoms with E-state index >= 15 is 0 Å². The minimum Gasteiger partial charge on any atom is -0.419 e. The van der Waals surface area contributed by atoms with Crippen LogP contribution in [0.3, 0.4) is 0 Å². The number of rotatable bonds is 4. The molecule has 2 aromatic rings. The molecular weight excluding hydrogens is 374 g/mol. The summed E-state index contributed by atoms with van der Waals surface area (Å²) in [5.74, 6) is 0.829. The van der Waals surface area contributed by atoms with Gasteiger partial charge in [-0.05, 0) is 24.3 Å². The maximum Gasteiger partial charge on any atom is 0.247 e. The van der Waals surface area contributed by atoms with Gasteiger partial charge >= 0.3 is 0 Å². The van der Waals surface area contributed by atoms with E-state index in [2.05, 4.69) is 10.2 Å². The van der Waals surface area contributed by atoms with Crippen LogP contribution in [0.25, 0.3) is 11.5 Å². The number of ketones is 1. The van der Waals surface area contributed by atoms with Crippen LogP contribution >= 0.6 is 23.4 Å². The molecule has 1 saturated heterocycles. The molecule has 1 aliphatic rings. The van der Waals surface area contributed by atoms with Crippen LogP contribution < -0.4 is 0 Å². The number of thioether (sulfide) groups is 1. The first kappa shape index (κ1) is 18.7. The van der Waals surface area contributed by atoms with E-state index < -0.39 is 5.41 Å². The number of hydrogen-bond donors (Lipinski definition) is 0. The third kappa shape index (κ3) is 4.16. The Morgan fingerprint density at radius 1 is 1.31 bits per heavy atom. The van der Waals surface area contributed by atoms with Crippen molar-refractivity contribution in [3.05, 3.63) is 46.3 Å². The van der Waals surface area contributed by atoms with Gasteiger partial charge in [-0.1, -0.05) is 44.1 Å². The number of allylic oxidation sites excluding steroid dienone is 1. The maximum atomic E-state index is 12.3. The minimum absolute atomic E-state index is 0.0351. The second-order valence-electron chi connectivity index (χ2n) is 6.87. The van der Waals surface area contributed by atoms with Crippen LogP contribution in [0.15, 0.2) is 39.8 Å². The predicted octanol–water partition coefficient (Wildman–Crippen LogP) is 3.92. The molecule has 0 aliphatic carbocycles. The molecule has 1 amide bonds. The average Bonchev–Trinajstić information content (AvgIpc) is 3.17. The molecule has 0 atom stereocenters. The Kier molecular flexibility index (Phi) is 5.20. The number of aromatic nitrogens is 2. The van der Waals surface area contributed by atoms with Crippen LogP contribution in [0.5, 0.6) is 0 Å². The quantitative estimate of drug-likeness (QED) is 0.735. The molecule has 0 bridgehead atoms. The summed E-state index contributed by atoms with van der Waals surface area (Å²) < 4.78 is 5.66. The average molecular weight is 392 g/mol. The molecule has 1 fully saturated rings. The normalized spacial score (nSPS) is 16.5. The molecule has 1 aromatic heterocycles. The first-order valence-corrected chi connectivity index (χ1v) is 9.38. The van der Waals surface area contributed by atoms with E-state index in [0.29, 0.717) is 27.6 Å². The van der Waals surface area contributed by atoms with E-state index in [1.165, 1.54) is 22.7 Å². The minimum atomic E-state index is -0.503. The Bertz CT molecular complexity index is 869. The third-order valence-electron chi connectivity index (χ3n) is 3.76. The van der Waals surface area contributed by atoms with Gasteiger partial charge in [0, 0.05) is 22.1 Å². The summed E-state index contributed by atoms with van der Waals surface area (Å²) in [6, 6.07) is 7.04. The standard InChI is InChI=1S/C18H18ClN3O3S/c1-18(2,3)13(23)8-16-22(15(24)10-26-16)9-14-20-21-17(25-14)11-4-6-12(19)7-5-11/h4-8H,9-10H2,1-3H3/b16-8-. The monoisotopic (exact) mass is 391 g/mol. The molecule has 8 heteroatoms. The molecule has 0 radical (unpaired) electrons. The number of benzene rings is 1. The van der Waals surface area contributed by atoms with Crippen molar-refractivity contribution < 1.29 is 14.0 Å². The third-order valence-corrected chi connectivity index (χ3v) is 5.03. The zero-order valence-electron chi connectivity index (χ0n) is 14.7. The topological polar surface area (TPSA) is 76.3 Å². The molecule has 136 valence electrons. The lowest BCUT2D eigenvalue weighted by Crippen LogP contribution is -2.26. The van der Waals surface area contributed by atoms with Crippen LogP contribution in [0.2, 0.25) is 5.02 Å². The summed E-state index contributed by atoms with van der Waals surface area (Å²) in [6.45, 7) is 5.66. The summed E-state index contributed by atoms with van der Waals surface area (Å²) >= 11 is 7.22. The SMILES string of the molecule is CC(C)(C)C(=O)/C=C1\SCC(=O)N1Cc1nnc(-c2ccc(Cl)cc2)o1. The molecule has 2 heterocycles. The first-order valence-electron chi connectivity index (χ1n) is 8.01. The van der Waals surface area contributed by atoms with E-state index in [9.17, 15) is 9.59 Å². The molecule has 26 heavy (non-hydrogen) atoms. The summed E-state index contributed by atoms with van der Waals surface area (Å²) in [6.07, 6.45) is 1.52. The molecule has 0 saturated carbocycles.